The van der Waals surface area contributed by atoms with Gasteiger partial charge < -0.3 is 19.2 Å². The normalized spacial score (nSPS) is 10.6. The molecule has 1 N–H and O–H groups in total. The second kappa shape index (κ2) is 8.13. The van der Waals surface area contributed by atoms with Crippen LogP contribution in [0.15, 0.2) is 82.0 Å². The average molecular weight is 401 g/mol. The van der Waals surface area contributed by atoms with Crippen molar-refractivity contribution in [1.29, 1.82) is 0 Å². The Balaban J connectivity index is 1.66. The minimum Gasteiger partial charge on any atom is -0.497 e. The molecule has 3 aromatic carbocycles. The summed E-state index contributed by atoms with van der Waals surface area (Å²) in [6.45, 7) is 0. The quantitative estimate of drug-likeness (QED) is 0.523. The fourth-order valence-electron chi connectivity index (χ4n) is 3.19. The number of carbonyl (C=O) groups is 1. The van der Waals surface area contributed by atoms with E-state index in [1.165, 1.54) is 20.3 Å². The molecule has 6 nitrogen and oxygen atoms in total. The zero-order chi connectivity index (χ0) is 21.1. The van der Waals surface area contributed by atoms with Crippen molar-refractivity contribution in [2.24, 2.45) is 0 Å². The third-order valence-corrected chi connectivity index (χ3v) is 4.69. The maximum atomic E-state index is 12.8. The Labute approximate surface area is 172 Å². The second-order valence-corrected chi connectivity index (χ2v) is 6.57. The van der Waals surface area contributed by atoms with Gasteiger partial charge in [0, 0.05) is 17.3 Å². The second-order valence-electron chi connectivity index (χ2n) is 6.57. The zero-order valence-electron chi connectivity index (χ0n) is 16.5. The monoisotopic (exact) mass is 401 g/mol. The van der Waals surface area contributed by atoms with E-state index in [0.717, 1.165) is 0 Å². The van der Waals surface area contributed by atoms with Crippen LogP contribution in [0.5, 0.6) is 11.5 Å². The van der Waals surface area contributed by atoms with Crippen LogP contribution in [0.2, 0.25) is 0 Å². The van der Waals surface area contributed by atoms with Crippen molar-refractivity contribution in [3.05, 3.63) is 88.6 Å². The van der Waals surface area contributed by atoms with E-state index in [-0.39, 0.29) is 11.3 Å². The van der Waals surface area contributed by atoms with Crippen molar-refractivity contribution in [2.75, 3.05) is 19.5 Å². The number of hydrogen-bond acceptors (Lipinski definition) is 5. The van der Waals surface area contributed by atoms with Crippen LogP contribution in [-0.4, -0.2) is 20.1 Å². The molecule has 0 saturated heterocycles. The standard InChI is InChI=1S/C24H19NO5/c1-28-17-10-11-21(29-2)19(13-17)24(27)25-16-7-5-6-15(12-16)23-14-20(26)18-8-3-4-9-22(18)30-23/h3-14H,1-2H3,(H,25,27). The first kappa shape index (κ1) is 19.3. The van der Waals surface area contributed by atoms with Gasteiger partial charge in [-0.3, -0.25) is 9.59 Å². The number of anilines is 1. The summed E-state index contributed by atoms with van der Waals surface area (Å²) in [4.78, 5) is 25.2. The van der Waals surface area contributed by atoms with E-state index in [0.29, 0.717) is 45.0 Å². The predicted molar refractivity (Wildman–Crippen MR) is 115 cm³/mol. The molecule has 4 aromatic rings. The summed E-state index contributed by atoms with van der Waals surface area (Å²) in [5, 5.41) is 3.38. The molecule has 30 heavy (non-hydrogen) atoms. The molecule has 150 valence electrons. The van der Waals surface area contributed by atoms with Gasteiger partial charge in [0.1, 0.15) is 22.8 Å². The van der Waals surface area contributed by atoms with Crippen LogP contribution in [0.25, 0.3) is 22.3 Å². The first-order chi connectivity index (χ1) is 14.6. The lowest BCUT2D eigenvalue weighted by Gasteiger charge is -2.11. The molecule has 4 rings (SSSR count). The molecule has 0 saturated carbocycles. The van der Waals surface area contributed by atoms with Crippen LogP contribution in [0.1, 0.15) is 10.4 Å². The van der Waals surface area contributed by atoms with E-state index in [9.17, 15) is 9.59 Å². The van der Waals surface area contributed by atoms with Crippen molar-refractivity contribution in [3.63, 3.8) is 0 Å². The summed E-state index contributed by atoms with van der Waals surface area (Å²) < 4.78 is 16.4. The highest BCUT2D eigenvalue weighted by Gasteiger charge is 2.15. The number of rotatable bonds is 5. The molecule has 1 aromatic heterocycles. The fourth-order valence-corrected chi connectivity index (χ4v) is 3.19. The Morgan fingerprint density at radius 2 is 1.73 bits per heavy atom. The van der Waals surface area contributed by atoms with Gasteiger partial charge in [-0.15, -0.1) is 0 Å². The summed E-state index contributed by atoms with van der Waals surface area (Å²) in [5.74, 6) is 1.06. The van der Waals surface area contributed by atoms with Gasteiger partial charge in [-0.05, 0) is 42.5 Å². The Hall–Kier alpha value is -4.06. The lowest BCUT2D eigenvalue weighted by molar-refractivity contribution is 0.102. The van der Waals surface area contributed by atoms with Gasteiger partial charge in [-0.2, -0.15) is 0 Å². The number of hydrogen-bond donors (Lipinski definition) is 1. The number of methoxy groups -OCH3 is 2. The molecule has 0 fully saturated rings. The highest BCUT2D eigenvalue weighted by molar-refractivity contribution is 6.06. The molecular formula is C24H19NO5. The third kappa shape index (κ3) is 3.75. The van der Waals surface area contributed by atoms with E-state index in [2.05, 4.69) is 5.32 Å². The molecule has 1 amide bonds. The maximum absolute atomic E-state index is 12.8. The number of ether oxygens (including phenoxy) is 2. The van der Waals surface area contributed by atoms with Crippen LogP contribution in [-0.2, 0) is 0 Å². The summed E-state index contributed by atoms with van der Waals surface area (Å²) >= 11 is 0. The Morgan fingerprint density at radius 1 is 0.900 bits per heavy atom. The largest absolute Gasteiger partial charge is 0.497 e. The van der Waals surface area contributed by atoms with Gasteiger partial charge in [0.25, 0.3) is 5.91 Å². The maximum Gasteiger partial charge on any atom is 0.259 e. The van der Waals surface area contributed by atoms with Crippen LogP contribution in [0, 0.1) is 0 Å². The molecular weight excluding hydrogens is 382 g/mol. The molecule has 0 aliphatic carbocycles. The molecule has 0 unspecified atom stereocenters. The van der Waals surface area contributed by atoms with E-state index in [1.807, 2.05) is 12.1 Å². The summed E-state index contributed by atoms with van der Waals surface area (Å²) in [7, 11) is 3.03. The topological polar surface area (TPSA) is 77.8 Å². The Morgan fingerprint density at radius 3 is 2.53 bits per heavy atom. The molecule has 0 aliphatic heterocycles. The molecule has 0 bridgehead atoms. The van der Waals surface area contributed by atoms with Gasteiger partial charge in [0.05, 0.1) is 25.2 Å². The number of fused-ring (bicyclic) bond motifs is 1. The minimum atomic E-state index is -0.345. The predicted octanol–water partition coefficient (Wildman–Crippen LogP) is 4.73. The first-order valence-corrected chi connectivity index (χ1v) is 9.26. The van der Waals surface area contributed by atoms with Gasteiger partial charge in [-0.1, -0.05) is 24.3 Å². The SMILES string of the molecule is COc1ccc(OC)c(C(=O)Nc2cccc(-c3cc(=O)c4ccccc4o3)c2)c1. The molecule has 6 heteroatoms. The van der Waals surface area contributed by atoms with Crippen molar-refractivity contribution in [1.82, 2.24) is 0 Å². The third-order valence-electron chi connectivity index (χ3n) is 4.69. The molecule has 0 atom stereocenters. The van der Waals surface area contributed by atoms with E-state index < -0.39 is 0 Å². The molecule has 0 radical (unpaired) electrons. The molecule has 0 aliphatic rings. The number of nitrogens with one attached hydrogen (secondary N) is 1. The highest BCUT2D eigenvalue weighted by atomic mass is 16.5. The van der Waals surface area contributed by atoms with Gasteiger partial charge in [0.15, 0.2) is 5.43 Å². The van der Waals surface area contributed by atoms with Crippen LogP contribution < -0.4 is 20.2 Å². The van der Waals surface area contributed by atoms with Crippen molar-refractivity contribution >= 4 is 22.6 Å². The van der Waals surface area contributed by atoms with Crippen molar-refractivity contribution in [2.45, 2.75) is 0 Å². The summed E-state index contributed by atoms with van der Waals surface area (Å²) in [6, 6.07) is 20.6. The number of benzene rings is 3. The minimum absolute atomic E-state index is 0.123. The van der Waals surface area contributed by atoms with Crippen LogP contribution >= 0.6 is 0 Å². The van der Waals surface area contributed by atoms with E-state index >= 15 is 0 Å². The van der Waals surface area contributed by atoms with Crippen LogP contribution in [0.3, 0.4) is 0 Å². The van der Waals surface area contributed by atoms with Crippen molar-refractivity contribution < 1.29 is 18.7 Å². The van der Waals surface area contributed by atoms with Gasteiger partial charge in [0.2, 0.25) is 0 Å². The fraction of sp³-hybridized carbons (Fsp3) is 0.0833. The van der Waals surface area contributed by atoms with E-state index in [4.69, 9.17) is 13.9 Å². The smallest absolute Gasteiger partial charge is 0.259 e. The molecule has 0 spiro atoms. The number of para-hydroxylation sites is 1. The Kier molecular flexibility index (Phi) is 5.22. The number of amides is 1. The number of carbonyl (C=O) groups excluding carboxylic acids is 1. The lowest BCUT2D eigenvalue weighted by Crippen LogP contribution is -2.13. The van der Waals surface area contributed by atoms with Crippen LogP contribution in [0.4, 0.5) is 5.69 Å². The first-order valence-electron chi connectivity index (χ1n) is 9.26. The lowest BCUT2D eigenvalue weighted by atomic mass is 10.1. The van der Waals surface area contributed by atoms with E-state index in [1.54, 1.807) is 54.6 Å². The zero-order valence-corrected chi connectivity index (χ0v) is 16.5. The Bertz CT molecular complexity index is 1290. The summed E-state index contributed by atoms with van der Waals surface area (Å²) in [5.41, 5.74) is 1.96. The van der Waals surface area contributed by atoms with Gasteiger partial charge in [-0.25, -0.2) is 0 Å². The molecule has 1 heterocycles. The van der Waals surface area contributed by atoms with Gasteiger partial charge >= 0.3 is 0 Å². The van der Waals surface area contributed by atoms with Crippen molar-refractivity contribution in [3.8, 4) is 22.8 Å². The average Bonchev–Trinajstić information content (AvgIpc) is 2.78. The summed E-state index contributed by atoms with van der Waals surface area (Å²) in [6.07, 6.45) is 0. The highest BCUT2D eigenvalue weighted by Crippen LogP contribution is 2.27.